The fourth-order valence-electron chi connectivity index (χ4n) is 2.50. The largest absolute Gasteiger partial charge is 0.496 e. The number of nitrogens with zero attached hydrogens (tertiary/aromatic N) is 2. The molecule has 1 N–H and O–H groups in total. The van der Waals surface area contributed by atoms with Gasteiger partial charge in [-0.3, -0.25) is 14.4 Å². The van der Waals surface area contributed by atoms with Gasteiger partial charge >= 0.3 is 5.69 Å². The average molecular weight is 323 g/mol. The SMILES string of the molecule is COc1ccccc1C=NCCn1c(=O)[nH]c2ccccc2c1=O. The number of hydrogen-bond acceptors (Lipinski definition) is 4. The Balaban J connectivity index is 1.80. The van der Waals surface area contributed by atoms with Crippen molar-refractivity contribution in [1.82, 2.24) is 9.55 Å². The molecule has 0 bridgehead atoms. The lowest BCUT2D eigenvalue weighted by molar-refractivity contribution is 0.414. The molecule has 0 saturated carbocycles. The third kappa shape index (κ3) is 3.12. The van der Waals surface area contributed by atoms with Crippen LogP contribution in [-0.2, 0) is 6.54 Å². The van der Waals surface area contributed by atoms with Crippen molar-refractivity contribution in [2.24, 2.45) is 4.99 Å². The van der Waals surface area contributed by atoms with E-state index in [1.807, 2.05) is 24.3 Å². The zero-order valence-electron chi connectivity index (χ0n) is 13.2. The van der Waals surface area contributed by atoms with Gasteiger partial charge in [0.1, 0.15) is 5.75 Å². The van der Waals surface area contributed by atoms with Crippen LogP contribution < -0.4 is 16.0 Å². The minimum atomic E-state index is -0.425. The van der Waals surface area contributed by atoms with Gasteiger partial charge in [-0.05, 0) is 24.3 Å². The van der Waals surface area contributed by atoms with Crippen LogP contribution in [0, 0.1) is 0 Å². The van der Waals surface area contributed by atoms with Crippen LogP contribution in [0.2, 0.25) is 0 Å². The smallest absolute Gasteiger partial charge is 0.328 e. The van der Waals surface area contributed by atoms with Gasteiger partial charge in [0.2, 0.25) is 0 Å². The summed E-state index contributed by atoms with van der Waals surface area (Å²) in [6.45, 7) is 0.532. The van der Waals surface area contributed by atoms with Gasteiger partial charge in [0.15, 0.2) is 0 Å². The van der Waals surface area contributed by atoms with Crippen LogP contribution in [0.3, 0.4) is 0 Å². The summed E-state index contributed by atoms with van der Waals surface area (Å²) in [7, 11) is 1.60. The first-order valence-corrected chi connectivity index (χ1v) is 7.55. The summed E-state index contributed by atoms with van der Waals surface area (Å²) in [4.78, 5) is 31.4. The van der Waals surface area contributed by atoms with Gasteiger partial charge < -0.3 is 9.72 Å². The Kier molecular flexibility index (Phi) is 4.56. The van der Waals surface area contributed by atoms with E-state index < -0.39 is 5.69 Å². The fraction of sp³-hybridized carbons (Fsp3) is 0.167. The molecule has 122 valence electrons. The Morgan fingerprint density at radius 2 is 1.88 bits per heavy atom. The Labute approximate surface area is 138 Å². The quantitative estimate of drug-likeness (QED) is 0.728. The minimum Gasteiger partial charge on any atom is -0.496 e. The molecule has 0 atom stereocenters. The summed E-state index contributed by atoms with van der Waals surface area (Å²) in [5.74, 6) is 0.724. The Hall–Kier alpha value is -3.15. The van der Waals surface area contributed by atoms with Gasteiger partial charge in [-0.15, -0.1) is 0 Å². The summed E-state index contributed by atoms with van der Waals surface area (Å²) in [6.07, 6.45) is 1.68. The van der Waals surface area contributed by atoms with Gasteiger partial charge in [-0.25, -0.2) is 4.79 Å². The predicted octanol–water partition coefficient (Wildman–Crippen LogP) is 1.82. The Morgan fingerprint density at radius 1 is 1.12 bits per heavy atom. The van der Waals surface area contributed by atoms with Crippen molar-refractivity contribution in [2.45, 2.75) is 6.54 Å². The Bertz CT molecular complexity index is 1000. The van der Waals surface area contributed by atoms with Crippen molar-refractivity contribution in [3.63, 3.8) is 0 Å². The van der Waals surface area contributed by atoms with E-state index in [4.69, 9.17) is 4.74 Å². The monoisotopic (exact) mass is 323 g/mol. The summed E-state index contributed by atoms with van der Waals surface area (Å²) in [5, 5.41) is 0.491. The predicted molar refractivity (Wildman–Crippen MR) is 94.3 cm³/mol. The maximum Gasteiger partial charge on any atom is 0.328 e. The zero-order chi connectivity index (χ0) is 16.9. The first-order chi connectivity index (χ1) is 11.7. The lowest BCUT2D eigenvalue weighted by Gasteiger charge is -2.05. The fourth-order valence-corrected chi connectivity index (χ4v) is 2.50. The van der Waals surface area contributed by atoms with Crippen molar-refractivity contribution in [1.29, 1.82) is 0 Å². The van der Waals surface area contributed by atoms with Gasteiger partial charge in [0.05, 0.1) is 31.1 Å². The summed E-state index contributed by atoms with van der Waals surface area (Å²) < 4.78 is 6.41. The van der Waals surface area contributed by atoms with Crippen molar-refractivity contribution in [3.8, 4) is 5.75 Å². The first kappa shape index (κ1) is 15.7. The van der Waals surface area contributed by atoms with E-state index >= 15 is 0 Å². The van der Waals surface area contributed by atoms with Crippen molar-refractivity contribution < 1.29 is 4.74 Å². The number of fused-ring (bicyclic) bond motifs is 1. The maximum atomic E-state index is 12.4. The highest BCUT2D eigenvalue weighted by molar-refractivity contribution is 5.83. The van der Waals surface area contributed by atoms with Crippen molar-refractivity contribution in [2.75, 3.05) is 13.7 Å². The highest BCUT2D eigenvalue weighted by Gasteiger charge is 2.06. The lowest BCUT2D eigenvalue weighted by Crippen LogP contribution is -2.35. The number of methoxy groups -OCH3 is 1. The molecule has 24 heavy (non-hydrogen) atoms. The molecule has 0 spiro atoms. The standard InChI is InChI=1S/C18H17N3O3/c1-24-16-9-5-2-6-13(16)12-19-10-11-21-17(22)14-7-3-4-8-15(14)20-18(21)23/h2-9,12H,10-11H2,1H3,(H,20,23). The number of ether oxygens (including phenoxy) is 1. The molecule has 0 radical (unpaired) electrons. The van der Waals surface area contributed by atoms with E-state index in [9.17, 15) is 9.59 Å². The second-order valence-corrected chi connectivity index (χ2v) is 5.21. The summed E-state index contributed by atoms with van der Waals surface area (Å²) in [5.41, 5.74) is 0.661. The molecule has 1 aromatic heterocycles. The molecule has 0 unspecified atom stereocenters. The van der Waals surface area contributed by atoms with Gasteiger partial charge in [0.25, 0.3) is 5.56 Å². The van der Waals surface area contributed by atoms with Gasteiger partial charge in [-0.1, -0.05) is 24.3 Å². The summed E-state index contributed by atoms with van der Waals surface area (Å²) >= 11 is 0. The highest BCUT2D eigenvalue weighted by Crippen LogP contribution is 2.14. The molecule has 0 aliphatic rings. The third-order valence-corrected chi connectivity index (χ3v) is 3.71. The van der Waals surface area contributed by atoms with E-state index in [-0.39, 0.29) is 12.1 Å². The molecule has 1 heterocycles. The van der Waals surface area contributed by atoms with Crippen LogP contribution in [-0.4, -0.2) is 29.4 Å². The van der Waals surface area contributed by atoms with E-state index in [0.717, 1.165) is 11.3 Å². The van der Waals surface area contributed by atoms with Crippen LogP contribution in [0.4, 0.5) is 0 Å². The zero-order valence-corrected chi connectivity index (χ0v) is 13.2. The second-order valence-electron chi connectivity index (χ2n) is 5.21. The molecule has 0 aliphatic carbocycles. The van der Waals surface area contributed by atoms with E-state index in [0.29, 0.717) is 17.4 Å². The molecular weight excluding hydrogens is 306 g/mol. The summed E-state index contributed by atoms with van der Waals surface area (Å²) in [6, 6.07) is 14.5. The molecule has 0 saturated heterocycles. The molecule has 3 rings (SSSR count). The topological polar surface area (TPSA) is 76.5 Å². The van der Waals surface area contributed by atoms with Gasteiger partial charge in [-0.2, -0.15) is 0 Å². The molecule has 0 aliphatic heterocycles. The van der Waals surface area contributed by atoms with Crippen LogP contribution in [0.25, 0.3) is 10.9 Å². The number of aliphatic imine (C=N–C) groups is 1. The third-order valence-electron chi connectivity index (χ3n) is 3.71. The van der Waals surface area contributed by atoms with Crippen LogP contribution >= 0.6 is 0 Å². The van der Waals surface area contributed by atoms with E-state index in [1.54, 1.807) is 37.6 Å². The maximum absolute atomic E-state index is 12.4. The Morgan fingerprint density at radius 3 is 2.71 bits per heavy atom. The molecule has 0 fully saturated rings. The number of aromatic nitrogens is 2. The number of nitrogens with one attached hydrogen (secondary N) is 1. The number of aromatic amines is 1. The average Bonchev–Trinajstić information content (AvgIpc) is 2.61. The van der Waals surface area contributed by atoms with E-state index in [2.05, 4.69) is 9.98 Å². The van der Waals surface area contributed by atoms with Crippen molar-refractivity contribution in [3.05, 3.63) is 74.9 Å². The number of benzene rings is 2. The molecule has 0 amide bonds. The minimum absolute atomic E-state index is 0.213. The number of rotatable bonds is 5. The highest BCUT2D eigenvalue weighted by atomic mass is 16.5. The van der Waals surface area contributed by atoms with Crippen LogP contribution in [0.1, 0.15) is 5.56 Å². The molecule has 3 aromatic rings. The second kappa shape index (κ2) is 6.95. The normalized spacial score (nSPS) is 11.2. The number of H-pyrrole nitrogens is 1. The van der Waals surface area contributed by atoms with Gasteiger partial charge in [0, 0.05) is 11.8 Å². The van der Waals surface area contributed by atoms with Crippen LogP contribution in [0.5, 0.6) is 5.75 Å². The molecular formula is C18H17N3O3. The van der Waals surface area contributed by atoms with Crippen molar-refractivity contribution >= 4 is 17.1 Å². The molecule has 6 nitrogen and oxygen atoms in total. The molecule has 6 heteroatoms. The molecule has 2 aromatic carbocycles. The number of para-hydroxylation sites is 2. The number of hydrogen-bond donors (Lipinski definition) is 1. The first-order valence-electron chi connectivity index (χ1n) is 7.55. The lowest BCUT2D eigenvalue weighted by atomic mass is 10.2. The van der Waals surface area contributed by atoms with E-state index in [1.165, 1.54) is 4.57 Å². The van der Waals surface area contributed by atoms with Crippen LogP contribution in [0.15, 0.2) is 63.1 Å².